The second kappa shape index (κ2) is 6.78. The second-order valence-corrected chi connectivity index (χ2v) is 7.27. The number of ether oxygens (including phenoxy) is 1. The van der Waals surface area contributed by atoms with Crippen LogP contribution in [0.3, 0.4) is 0 Å². The van der Waals surface area contributed by atoms with Crippen LogP contribution in [0.2, 0.25) is 5.02 Å². The van der Waals surface area contributed by atoms with Crippen LogP contribution in [0.15, 0.2) is 28.8 Å². The molecule has 2 atom stereocenters. The third kappa shape index (κ3) is 3.22. The number of nitrogens with zero attached hydrogens (tertiary/aromatic N) is 1. The second-order valence-electron chi connectivity index (χ2n) is 6.83. The van der Waals surface area contributed by atoms with Gasteiger partial charge in [0.05, 0.1) is 24.9 Å². The first-order valence-electron chi connectivity index (χ1n) is 8.60. The number of amides is 1. The van der Waals surface area contributed by atoms with E-state index in [1.165, 1.54) is 0 Å². The summed E-state index contributed by atoms with van der Waals surface area (Å²) in [5, 5.41) is 8.62. The van der Waals surface area contributed by atoms with E-state index in [4.69, 9.17) is 20.9 Å². The number of aromatic amines is 1. The molecular formula is C19H20ClN3O3. The molecule has 6 nitrogen and oxygen atoms in total. The number of aryl methyl sites for hydroxylation is 2. The summed E-state index contributed by atoms with van der Waals surface area (Å²) in [7, 11) is 0. The van der Waals surface area contributed by atoms with Gasteiger partial charge >= 0.3 is 0 Å². The molecule has 4 rings (SSSR count). The molecule has 7 heteroatoms. The van der Waals surface area contributed by atoms with Gasteiger partial charge < -0.3 is 19.6 Å². The molecule has 1 fully saturated rings. The number of nitrogens with one attached hydrogen (secondary N) is 2. The Bertz CT molecular complexity index is 962. The molecule has 0 radical (unpaired) electrons. The third-order valence-corrected chi connectivity index (χ3v) is 5.14. The van der Waals surface area contributed by atoms with Gasteiger partial charge in [0, 0.05) is 34.3 Å². The Morgan fingerprint density at radius 3 is 2.96 bits per heavy atom. The number of carbonyl (C=O) groups is 1. The van der Waals surface area contributed by atoms with Crippen molar-refractivity contribution in [3.63, 3.8) is 0 Å². The minimum atomic E-state index is -0.135. The molecule has 0 spiro atoms. The maximum atomic E-state index is 12.8. The Morgan fingerprint density at radius 1 is 1.35 bits per heavy atom. The third-order valence-electron chi connectivity index (χ3n) is 4.90. The molecule has 0 bridgehead atoms. The van der Waals surface area contributed by atoms with Crippen molar-refractivity contribution in [3.8, 4) is 0 Å². The van der Waals surface area contributed by atoms with Crippen LogP contribution in [-0.4, -0.2) is 35.3 Å². The van der Waals surface area contributed by atoms with Crippen molar-refractivity contribution in [2.45, 2.75) is 26.3 Å². The van der Waals surface area contributed by atoms with Crippen molar-refractivity contribution < 1.29 is 14.1 Å². The van der Waals surface area contributed by atoms with E-state index in [9.17, 15) is 4.79 Å². The molecule has 0 unspecified atom stereocenters. The highest BCUT2D eigenvalue weighted by atomic mass is 35.5. The first-order chi connectivity index (χ1) is 12.5. The fourth-order valence-electron chi connectivity index (χ4n) is 3.50. The highest BCUT2D eigenvalue weighted by Gasteiger charge is 2.31. The number of benzene rings is 1. The first-order valence-corrected chi connectivity index (χ1v) is 8.97. The molecule has 1 aliphatic heterocycles. The summed E-state index contributed by atoms with van der Waals surface area (Å²) < 4.78 is 10.9. The molecule has 3 aromatic rings. The fraction of sp³-hybridized carbons (Fsp3) is 0.368. The molecule has 1 saturated heterocycles. The molecule has 0 aliphatic carbocycles. The smallest absolute Gasteiger partial charge is 0.268 e. The lowest BCUT2D eigenvalue weighted by molar-refractivity contribution is 0.0919. The molecule has 1 aliphatic rings. The zero-order chi connectivity index (χ0) is 18.3. The van der Waals surface area contributed by atoms with E-state index < -0.39 is 0 Å². The summed E-state index contributed by atoms with van der Waals surface area (Å²) >= 11 is 6.07. The zero-order valence-corrected chi connectivity index (χ0v) is 15.4. The van der Waals surface area contributed by atoms with Crippen LogP contribution in [0.4, 0.5) is 0 Å². The standard InChI is InChI=1S/C19H20ClN3O3/c1-10-5-14(26-23-10)6-12-8-25-9-17(12)22-19(24)18-11(2)15-7-13(20)3-4-16(15)21-18/h3-5,7,12,17,21H,6,8-9H2,1-2H3,(H,22,24)/t12-,17+/m1/s1. The van der Waals surface area contributed by atoms with Gasteiger partial charge in [-0.05, 0) is 37.6 Å². The highest BCUT2D eigenvalue weighted by molar-refractivity contribution is 6.31. The van der Waals surface area contributed by atoms with Gasteiger partial charge in [-0.3, -0.25) is 4.79 Å². The maximum absolute atomic E-state index is 12.8. The van der Waals surface area contributed by atoms with Gasteiger partial charge in [-0.2, -0.15) is 0 Å². The number of aromatic nitrogens is 2. The topological polar surface area (TPSA) is 80.1 Å². The fourth-order valence-corrected chi connectivity index (χ4v) is 3.67. The zero-order valence-electron chi connectivity index (χ0n) is 14.6. The van der Waals surface area contributed by atoms with Gasteiger partial charge in [-0.1, -0.05) is 16.8 Å². The van der Waals surface area contributed by atoms with E-state index in [2.05, 4.69) is 15.5 Å². The quantitative estimate of drug-likeness (QED) is 0.734. The minimum absolute atomic E-state index is 0.0673. The number of H-pyrrole nitrogens is 1. The number of carbonyl (C=O) groups excluding carboxylic acids is 1. The summed E-state index contributed by atoms with van der Waals surface area (Å²) in [6.45, 7) is 4.90. The lowest BCUT2D eigenvalue weighted by Crippen LogP contribution is -2.41. The Morgan fingerprint density at radius 2 is 2.19 bits per heavy atom. The van der Waals surface area contributed by atoms with Crippen molar-refractivity contribution in [1.82, 2.24) is 15.5 Å². The summed E-state index contributed by atoms with van der Waals surface area (Å²) in [5.41, 5.74) is 3.20. The Kier molecular flexibility index (Phi) is 4.46. The number of fused-ring (bicyclic) bond motifs is 1. The summed E-state index contributed by atoms with van der Waals surface area (Å²) in [4.78, 5) is 16.0. The van der Waals surface area contributed by atoms with Crippen LogP contribution in [0.25, 0.3) is 10.9 Å². The van der Waals surface area contributed by atoms with Crippen LogP contribution in [0.1, 0.15) is 27.5 Å². The predicted molar refractivity (Wildman–Crippen MR) is 98.6 cm³/mol. The van der Waals surface area contributed by atoms with E-state index >= 15 is 0 Å². The summed E-state index contributed by atoms with van der Waals surface area (Å²) in [6, 6.07) is 7.41. The molecular weight excluding hydrogens is 354 g/mol. The van der Waals surface area contributed by atoms with Crippen LogP contribution >= 0.6 is 11.6 Å². The van der Waals surface area contributed by atoms with Gasteiger partial charge in [0.25, 0.3) is 5.91 Å². The van der Waals surface area contributed by atoms with Crippen LogP contribution in [-0.2, 0) is 11.2 Å². The average molecular weight is 374 g/mol. The lowest BCUT2D eigenvalue weighted by Gasteiger charge is -2.17. The van der Waals surface area contributed by atoms with Gasteiger partial charge in [0.2, 0.25) is 0 Å². The predicted octanol–water partition coefficient (Wildman–Crippen LogP) is 3.41. The number of hydrogen-bond acceptors (Lipinski definition) is 4. The van der Waals surface area contributed by atoms with E-state index in [0.29, 0.717) is 30.4 Å². The van der Waals surface area contributed by atoms with Crippen molar-refractivity contribution in [1.29, 1.82) is 0 Å². The Labute approximate surface area is 155 Å². The maximum Gasteiger partial charge on any atom is 0.268 e. The van der Waals surface area contributed by atoms with Crippen molar-refractivity contribution in [2.75, 3.05) is 13.2 Å². The molecule has 1 amide bonds. The Hall–Kier alpha value is -2.31. The van der Waals surface area contributed by atoms with E-state index in [1.54, 1.807) is 0 Å². The molecule has 1 aromatic carbocycles. The highest BCUT2D eigenvalue weighted by Crippen LogP contribution is 2.26. The van der Waals surface area contributed by atoms with Crippen molar-refractivity contribution in [2.24, 2.45) is 5.92 Å². The molecule has 136 valence electrons. The van der Waals surface area contributed by atoms with E-state index in [-0.39, 0.29) is 17.9 Å². The van der Waals surface area contributed by atoms with Gasteiger partial charge in [-0.15, -0.1) is 0 Å². The normalized spacial score (nSPS) is 20.0. The monoisotopic (exact) mass is 373 g/mol. The summed E-state index contributed by atoms with van der Waals surface area (Å²) in [6.07, 6.45) is 0.688. The number of rotatable bonds is 4. The van der Waals surface area contributed by atoms with Crippen LogP contribution in [0.5, 0.6) is 0 Å². The number of hydrogen-bond donors (Lipinski definition) is 2. The van der Waals surface area contributed by atoms with Crippen molar-refractivity contribution >= 4 is 28.4 Å². The number of halogens is 1. The van der Waals surface area contributed by atoms with Gasteiger partial charge in [0.1, 0.15) is 11.5 Å². The molecule has 2 aromatic heterocycles. The first kappa shape index (κ1) is 17.1. The largest absolute Gasteiger partial charge is 0.379 e. The SMILES string of the molecule is Cc1cc(C[C@@H]2COC[C@@H]2NC(=O)c2[nH]c3ccc(Cl)cc3c2C)on1. The van der Waals surface area contributed by atoms with E-state index in [0.717, 1.165) is 27.9 Å². The minimum Gasteiger partial charge on any atom is -0.379 e. The van der Waals surface area contributed by atoms with E-state index in [1.807, 2.05) is 38.1 Å². The Balaban J connectivity index is 1.51. The molecule has 0 saturated carbocycles. The van der Waals surface area contributed by atoms with Crippen LogP contribution < -0.4 is 5.32 Å². The molecule has 26 heavy (non-hydrogen) atoms. The molecule has 3 heterocycles. The lowest BCUT2D eigenvalue weighted by atomic mass is 9.98. The summed E-state index contributed by atoms with van der Waals surface area (Å²) in [5.74, 6) is 0.836. The average Bonchev–Trinajstić information content (AvgIpc) is 3.29. The van der Waals surface area contributed by atoms with Gasteiger partial charge in [-0.25, -0.2) is 0 Å². The van der Waals surface area contributed by atoms with Crippen LogP contribution in [0, 0.1) is 19.8 Å². The van der Waals surface area contributed by atoms with Gasteiger partial charge in [0.15, 0.2) is 0 Å². The molecule has 2 N–H and O–H groups in total. The van der Waals surface area contributed by atoms with Crippen molar-refractivity contribution in [3.05, 3.63) is 52.0 Å².